The van der Waals surface area contributed by atoms with Crippen LogP contribution in [0.5, 0.6) is 0 Å². The average molecular weight is 410 g/mol. The van der Waals surface area contributed by atoms with E-state index in [0.717, 1.165) is 41.6 Å². The Morgan fingerprint density at radius 3 is 2.70 bits per heavy atom. The largest absolute Gasteiger partial charge is 0.394 e. The number of benzene rings is 2. The summed E-state index contributed by atoms with van der Waals surface area (Å²) >= 11 is 0. The lowest BCUT2D eigenvalue weighted by Crippen LogP contribution is -2.44. The molecule has 3 aliphatic heterocycles. The number of nitrogens with zero attached hydrogens (tertiary/aromatic N) is 1. The lowest BCUT2D eigenvalue weighted by molar-refractivity contribution is -0.140. The first kappa shape index (κ1) is 19.5. The van der Waals surface area contributed by atoms with Crippen LogP contribution in [0.1, 0.15) is 30.9 Å². The molecule has 2 aromatic carbocycles. The summed E-state index contributed by atoms with van der Waals surface area (Å²) in [4.78, 5) is 15.4. The third kappa shape index (κ3) is 3.38. The van der Waals surface area contributed by atoms with Crippen molar-refractivity contribution >= 4 is 11.6 Å². The SMILES string of the molecule is O=C(C1CCOCC1)N1CC[C@@H]2[C@H]1c1cc(-c3cccc(F)c3)ccc1N[C@@H]2CO. The van der Waals surface area contributed by atoms with E-state index in [9.17, 15) is 14.3 Å². The smallest absolute Gasteiger partial charge is 0.226 e. The molecule has 6 heteroatoms. The summed E-state index contributed by atoms with van der Waals surface area (Å²) in [5.74, 6) is 0.106. The van der Waals surface area contributed by atoms with Crippen LogP contribution < -0.4 is 5.32 Å². The summed E-state index contributed by atoms with van der Waals surface area (Å²) < 4.78 is 19.2. The molecule has 0 aliphatic carbocycles. The van der Waals surface area contributed by atoms with Gasteiger partial charge < -0.3 is 20.1 Å². The molecule has 5 rings (SSSR count). The molecular weight excluding hydrogens is 383 g/mol. The topological polar surface area (TPSA) is 61.8 Å². The molecule has 0 bridgehead atoms. The number of halogens is 1. The van der Waals surface area contributed by atoms with Crippen LogP contribution in [0.15, 0.2) is 42.5 Å². The Bertz CT molecular complexity index is 944. The highest BCUT2D eigenvalue weighted by atomic mass is 19.1. The quantitative estimate of drug-likeness (QED) is 0.812. The molecule has 3 aliphatic rings. The molecule has 0 radical (unpaired) electrons. The van der Waals surface area contributed by atoms with Crippen molar-refractivity contribution in [2.75, 3.05) is 31.7 Å². The fourth-order valence-corrected chi connectivity index (χ4v) is 5.34. The number of aliphatic hydroxyl groups is 1. The maximum Gasteiger partial charge on any atom is 0.226 e. The molecule has 5 nitrogen and oxygen atoms in total. The van der Waals surface area contributed by atoms with Gasteiger partial charge in [0.25, 0.3) is 0 Å². The lowest BCUT2D eigenvalue weighted by Gasteiger charge is -2.40. The van der Waals surface area contributed by atoms with E-state index in [1.165, 1.54) is 12.1 Å². The minimum atomic E-state index is -0.265. The van der Waals surface area contributed by atoms with E-state index in [4.69, 9.17) is 4.74 Å². The zero-order valence-corrected chi connectivity index (χ0v) is 16.9. The molecule has 3 heterocycles. The Labute approximate surface area is 175 Å². The number of fused-ring (bicyclic) bond motifs is 3. The van der Waals surface area contributed by atoms with Crippen LogP contribution in [0.25, 0.3) is 11.1 Å². The van der Waals surface area contributed by atoms with Crippen molar-refractivity contribution in [3.8, 4) is 11.1 Å². The van der Waals surface area contributed by atoms with E-state index < -0.39 is 0 Å². The minimum absolute atomic E-state index is 0.00909. The van der Waals surface area contributed by atoms with Gasteiger partial charge in [0.05, 0.1) is 18.7 Å². The summed E-state index contributed by atoms with van der Waals surface area (Å²) in [6.45, 7) is 2.01. The summed E-state index contributed by atoms with van der Waals surface area (Å²) in [5.41, 5.74) is 3.76. The number of nitrogens with one attached hydrogen (secondary N) is 1. The van der Waals surface area contributed by atoms with Gasteiger partial charge in [-0.2, -0.15) is 0 Å². The van der Waals surface area contributed by atoms with Crippen LogP contribution in [-0.2, 0) is 9.53 Å². The van der Waals surface area contributed by atoms with Crippen LogP contribution in [-0.4, -0.2) is 48.3 Å². The maximum atomic E-state index is 13.8. The zero-order valence-electron chi connectivity index (χ0n) is 16.9. The van der Waals surface area contributed by atoms with Gasteiger partial charge in [-0.3, -0.25) is 4.79 Å². The average Bonchev–Trinajstić information content (AvgIpc) is 3.24. The molecule has 0 saturated carbocycles. The number of aliphatic hydroxyl groups excluding tert-OH is 1. The van der Waals surface area contributed by atoms with Crippen molar-refractivity contribution in [3.63, 3.8) is 0 Å². The van der Waals surface area contributed by atoms with Crippen molar-refractivity contribution in [3.05, 3.63) is 53.8 Å². The van der Waals surface area contributed by atoms with Crippen LogP contribution in [0.2, 0.25) is 0 Å². The maximum absolute atomic E-state index is 13.8. The van der Waals surface area contributed by atoms with Crippen molar-refractivity contribution < 1.29 is 19.0 Å². The Kier molecular flexibility index (Phi) is 5.21. The third-order valence-electron chi connectivity index (χ3n) is 6.88. The predicted octanol–water partition coefficient (Wildman–Crippen LogP) is 3.60. The first-order chi connectivity index (χ1) is 14.7. The fraction of sp³-hybridized carbons (Fsp3) is 0.458. The zero-order chi connectivity index (χ0) is 20.7. The van der Waals surface area contributed by atoms with Crippen LogP contribution in [0, 0.1) is 17.7 Å². The van der Waals surface area contributed by atoms with E-state index in [2.05, 4.69) is 11.4 Å². The monoisotopic (exact) mass is 410 g/mol. The van der Waals surface area contributed by atoms with Gasteiger partial charge in [-0.1, -0.05) is 18.2 Å². The molecule has 1 amide bonds. The van der Waals surface area contributed by atoms with Gasteiger partial charge >= 0.3 is 0 Å². The highest BCUT2D eigenvalue weighted by Gasteiger charge is 2.46. The summed E-state index contributed by atoms with van der Waals surface area (Å²) in [7, 11) is 0. The van der Waals surface area contributed by atoms with E-state index in [1.807, 2.05) is 23.1 Å². The standard InChI is InChI=1S/C24H27FN2O3/c25-18-3-1-2-16(12-18)17-4-5-21-20(13-17)23-19(22(14-28)26-21)6-9-27(23)24(29)15-7-10-30-11-8-15/h1-5,12-13,15,19,22-23,26,28H,6-11,14H2/t19-,22+,23-/m0/s1. The minimum Gasteiger partial charge on any atom is -0.394 e. The molecule has 0 unspecified atom stereocenters. The number of likely N-dealkylation sites (tertiary alicyclic amines) is 1. The Morgan fingerprint density at radius 1 is 1.13 bits per heavy atom. The van der Waals surface area contributed by atoms with E-state index >= 15 is 0 Å². The van der Waals surface area contributed by atoms with Crippen molar-refractivity contribution in [1.82, 2.24) is 4.90 Å². The first-order valence-corrected chi connectivity index (χ1v) is 10.8. The van der Waals surface area contributed by atoms with Gasteiger partial charge in [0.15, 0.2) is 0 Å². The van der Waals surface area contributed by atoms with Gasteiger partial charge in [-0.05, 0) is 60.2 Å². The van der Waals surface area contributed by atoms with Crippen molar-refractivity contribution in [2.45, 2.75) is 31.3 Å². The molecule has 0 spiro atoms. The number of amides is 1. The fourth-order valence-electron chi connectivity index (χ4n) is 5.34. The van der Waals surface area contributed by atoms with Crippen LogP contribution in [0.4, 0.5) is 10.1 Å². The molecule has 2 aromatic rings. The van der Waals surface area contributed by atoms with Gasteiger partial charge in [0.2, 0.25) is 5.91 Å². The predicted molar refractivity (Wildman–Crippen MR) is 112 cm³/mol. The molecule has 2 N–H and O–H groups in total. The normalized spacial score (nSPS) is 26.1. The second-order valence-corrected chi connectivity index (χ2v) is 8.56. The molecule has 30 heavy (non-hydrogen) atoms. The molecular formula is C24H27FN2O3. The number of hydrogen-bond acceptors (Lipinski definition) is 4. The van der Waals surface area contributed by atoms with Crippen LogP contribution >= 0.6 is 0 Å². The molecule has 0 aromatic heterocycles. The second kappa shape index (κ2) is 8.00. The molecule has 3 atom stereocenters. The van der Waals surface area contributed by atoms with Gasteiger partial charge in [-0.15, -0.1) is 0 Å². The molecule has 2 saturated heterocycles. The van der Waals surface area contributed by atoms with Gasteiger partial charge in [0.1, 0.15) is 5.82 Å². The molecule has 2 fully saturated rings. The molecule has 158 valence electrons. The number of hydrogen-bond donors (Lipinski definition) is 2. The number of carbonyl (C=O) groups is 1. The highest BCUT2D eigenvalue weighted by molar-refractivity contribution is 5.81. The summed E-state index contributed by atoms with van der Waals surface area (Å²) in [6.07, 6.45) is 2.40. The number of anilines is 1. The Balaban J connectivity index is 1.53. The van der Waals surface area contributed by atoms with Crippen molar-refractivity contribution in [2.24, 2.45) is 11.8 Å². The van der Waals surface area contributed by atoms with Crippen molar-refractivity contribution in [1.29, 1.82) is 0 Å². The van der Waals surface area contributed by atoms with E-state index in [0.29, 0.717) is 19.8 Å². The third-order valence-corrected chi connectivity index (χ3v) is 6.88. The number of carbonyl (C=O) groups excluding carboxylic acids is 1. The summed E-state index contributed by atoms with van der Waals surface area (Å²) in [6, 6.07) is 12.5. The van der Waals surface area contributed by atoms with Gasteiger partial charge in [0, 0.05) is 37.3 Å². The summed E-state index contributed by atoms with van der Waals surface area (Å²) in [5, 5.41) is 13.4. The number of ether oxygens (including phenoxy) is 1. The lowest BCUT2D eigenvalue weighted by atomic mass is 9.82. The second-order valence-electron chi connectivity index (χ2n) is 8.56. The number of rotatable bonds is 3. The Morgan fingerprint density at radius 2 is 1.93 bits per heavy atom. The first-order valence-electron chi connectivity index (χ1n) is 10.8. The highest BCUT2D eigenvalue weighted by Crippen LogP contribution is 2.48. The van der Waals surface area contributed by atoms with Crippen LogP contribution in [0.3, 0.4) is 0 Å². The van der Waals surface area contributed by atoms with Gasteiger partial charge in [-0.25, -0.2) is 4.39 Å². The van der Waals surface area contributed by atoms with E-state index in [-0.39, 0.29) is 42.3 Å². The van der Waals surface area contributed by atoms with E-state index in [1.54, 1.807) is 6.07 Å². The Hall–Kier alpha value is -2.44.